The lowest BCUT2D eigenvalue weighted by Gasteiger charge is -2.35. The molecule has 1 amide bonds. The van der Waals surface area contributed by atoms with Crippen LogP contribution >= 0.6 is 11.6 Å². The summed E-state index contributed by atoms with van der Waals surface area (Å²) in [4.78, 5) is 30.0. The van der Waals surface area contributed by atoms with Crippen molar-refractivity contribution in [1.29, 1.82) is 0 Å². The van der Waals surface area contributed by atoms with Crippen molar-refractivity contribution in [3.05, 3.63) is 68.9 Å². The van der Waals surface area contributed by atoms with Crippen LogP contribution in [0.5, 0.6) is 0 Å². The van der Waals surface area contributed by atoms with E-state index in [1.54, 1.807) is 15.9 Å². The summed E-state index contributed by atoms with van der Waals surface area (Å²) in [6, 6.07) is 6.90. The second kappa shape index (κ2) is 8.70. The Morgan fingerprint density at radius 1 is 1.20 bits per heavy atom. The van der Waals surface area contributed by atoms with E-state index in [1.807, 2.05) is 0 Å². The first-order valence-electron chi connectivity index (χ1n) is 8.85. The van der Waals surface area contributed by atoms with Crippen molar-refractivity contribution >= 4 is 35.1 Å². The number of hydrogen-bond donors (Lipinski definition) is 0. The number of hydrogen-bond acceptors (Lipinski definition) is 5. The number of rotatable bonds is 4. The van der Waals surface area contributed by atoms with Crippen molar-refractivity contribution < 1.29 is 22.9 Å². The number of pyridine rings is 1. The van der Waals surface area contributed by atoms with Gasteiger partial charge in [-0.2, -0.15) is 13.2 Å². The molecule has 0 aliphatic carbocycles. The van der Waals surface area contributed by atoms with Crippen molar-refractivity contribution in [3.8, 4) is 0 Å². The first-order valence-corrected chi connectivity index (χ1v) is 9.22. The standard InChI is InChI=1S/C19H16ClF3N4O3/c20-15-11-14(19(21,22)23)12-24-18(15)26-9-7-25(8-10-26)17(28)6-5-13-3-1-2-4-16(13)27(29)30/h1-6,11-12H,7-10H2/b6-5+. The highest BCUT2D eigenvalue weighted by Crippen LogP contribution is 2.33. The molecule has 3 rings (SSSR count). The van der Waals surface area contributed by atoms with E-state index in [-0.39, 0.29) is 22.4 Å². The van der Waals surface area contributed by atoms with Crippen molar-refractivity contribution in [2.24, 2.45) is 0 Å². The number of alkyl halides is 3. The number of carbonyl (C=O) groups excluding carboxylic acids is 1. The third-order valence-electron chi connectivity index (χ3n) is 4.58. The summed E-state index contributed by atoms with van der Waals surface area (Å²) < 4.78 is 38.2. The molecule has 0 unspecified atom stereocenters. The zero-order valence-corrected chi connectivity index (χ0v) is 16.2. The van der Waals surface area contributed by atoms with Crippen LogP contribution in [0.4, 0.5) is 24.7 Å². The third kappa shape index (κ3) is 4.88. The van der Waals surface area contributed by atoms with Crippen LogP contribution in [-0.2, 0) is 11.0 Å². The maximum atomic E-state index is 12.7. The number of para-hydroxylation sites is 1. The molecule has 158 valence electrons. The average molecular weight is 441 g/mol. The second-order valence-electron chi connectivity index (χ2n) is 6.49. The van der Waals surface area contributed by atoms with Crippen LogP contribution in [0, 0.1) is 10.1 Å². The van der Waals surface area contributed by atoms with Gasteiger partial charge in [-0.1, -0.05) is 23.7 Å². The Kier molecular flexibility index (Phi) is 6.25. The van der Waals surface area contributed by atoms with Gasteiger partial charge in [-0.3, -0.25) is 14.9 Å². The third-order valence-corrected chi connectivity index (χ3v) is 4.86. The van der Waals surface area contributed by atoms with Crippen molar-refractivity contribution in [3.63, 3.8) is 0 Å². The lowest BCUT2D eigenvalue weighted by atomic mass is 10.1. The molecule has 1 saturated heterocycles. The molecule has 0 atom stereocenters. The molecule has 11 heteroatoms. The van der Waals surface area contributed by atoms with E-state index in [4.69, 9.17) is 11.6 Å². The fourth-order valence-electron chi connectivity index (χ4n) is 3.02. The number of benzene rings is 1. The van der Waals surface area contributed by atoms with Crippen molar-refractivity contribution in [1.82, 2.24) is 9.88 Å². The summed E-state index contributed by atoms with van der Waals surface area (Å²) in [5.74, 6) is -0.0912. The van der Waals surface area contributed by atoms with E-state index < -0.39 is 16.7 Å². The number of halogens is 4. The summed E-state index contributed by atoms with van der Waals surface area (Å²) in [5, 5.41) is 10.9. The Labute approximate surface area is 174 Å². The Morgan fingerprint density at radius 3 is 2.47 bits per heavy atom. The summed E-state index contributed by atoms with van der Waals surface area (Å²) in [6.07, 6.45) is -1.14. The van der Waals surface area contributed by atoms with Gasteiger partial charge in [0.15, 0.2) is 0 Å². The molecule has 30 heavy (non-hydrogen) atoms. The Morgan fingerprint density at radius 2 is 1.87 bits per heavy atom. The molecule has 2 aromatic rings. The predicted molar refractivity (Wildman–Crippen MR) is 105 cm³/mol. The number of nitro benzene ring substituents is 1. The summed E-state index contributed by atoms with van der Waals surface area (Å²) in [5.41, 5.74) is -0.713. The molecule has 1 aromatic carbocycles. The molecular weight excluding hydrogens is 425 g/mol. The molecule has 0 N–H and O–H groups in total. The number of amides is 1. The van der Waals surface area contributed by atoms with Gasteiger partial charge in [0.2, 0.25) is 5.91 Å². The number of aromatic nitrogens is 1. The fraction of sp³-hybridized carbons (Fsp3) is 0.263. The van der Waals surface area contributed by atoms with Crippen LogP contribution in [-0.4, -0.2) is 46.9 Å². The molecule has 0 spiro atoms. The first-order chi connectivity index (χ1) is 14.2. The second-order valence-corrected chi connectivity index (χ2v) is 6.90. The molecule has 0 saturated carbocycles. The zero-order chi connectivity index (χ0) is 21.9. The molecule has 1 aromatic heterocycles. The van der Waals surface area contributed by atoms with Crippen LogP contribution in [0.15, 0.2) is 42.6 Å². The number of anilines is 1. The number of carbonyl (C=O) groups is 1. The Hall–Kier alpha value is -3.14. The number of nitrogens with zero attached hydrogens (tertiary/aromatic N) is 4. The van der Waals surface area contributed by atoms with Crippen molar-refractivity contribution in [2.45, 2.75) is 6.18 Å². The topological polar surface area (TPSA) is 79.6 Å². The van der Waals surface area contributed by atoms with Crippen LogP contribution in [0.1, 0.15) is 11.1 Å². The Balaban J connectivity index is 1.63. The van der Waals surface area contributed by atoms with Gasteiger partial charge in [-0.25, -0.2) is 4.98 Å². The van der Waals surface area contributed by atoms with Crippen LogP contribution in [0.3, 0.4) is 0 Å². The van der Waals surface area contributed by atoms with Crippen LogP contribution in [0.25, 0.3) is 6.08 Å². The highest BCUT2D eigenvalue weighted by Gasteiger charge is 2.32. The highest BCUT2D eigenvalue weighted by atomic mass is 35.5. The predicted octanol–water partition coefficient (Wildman–Crippen LogP) is 4.02. The normalized spacial score (nSPS) is 14.9. The minimum absolute atomic E-state index is 0.102. The lowest BCUT2D eigenvalue weighted by Crippen LogP contribution is -2.48. The molecule has 0 bridgehead atoms. The van der Waals surface area contributed by atoms with Gasteiger partial charge >= 0.3 is 6.18 Å². The monoisotopic (exact) mass is 440 g/mol. The van der Waals surface area contributed by atoms with Crippen LogP contribution in [0.2, 0.25) is 5.02 Å². The van der Waals surface area contributed by atoms with E-state index in [1.165, 1.54) is 30.4 Å². The van der Waals surface area contributed by atoms with Gasteiger partial charge in [0.05, 0.1) is 21.1 Å². The van der Waals surface area contributed by atoms with Gasteiger partial charge in [0.25, 0.3) is 5.69 Å². The molecule has 1 aliphatic heterocycles. The minimum atomic E-state index is -4.53. The molecule has 7 nitrogen and oxygen atoms in total. The number of piperazine rings is 1. The molecule has 0 radical (unpaired) electrons. The molecule has 2 heterocycles. The van der Waals surface area contributed by atoms with Gasteiger partial charge in [-0.15, -0.1) is 0 Å². The van der Waals surface area contributed by atoms with Gasteiger partial charge in [0, 0.05) is 44.5 Å². The molecule has 1 fully saturated rings. The first kappa shape index (κ1) is 21.6. The van der Waals surface area contributed by atoms with E-state index in [9.17, 15) is 28.1 Å². The van der Waals surface area contributed by atoms with Gasteiger partial charge in [-0.05, 0) is 18.2 Å². The summed E-state index contributed by atoms with van der Waals surface area (Å²) in [6.45, 7) is 1.28. The number of nitro groups is 1. The average Bonchev–Trinajstić information content (AvgIpc) is 2.71. The van der Waals surface area contributed by atoms with E-state index >= 15 is 0 Å². The van der Waals surface area contributed by atoms with E-state index in [0.717, 1.165) is 12.3 Å². The fourth-order valence-corrected chi connectivity index (χ4v) is 3.30. The van der Waals surface area contributed by atoms with Crippen LogP contribution < -0.4 is 4.90 Å². The van der Waals surface area contributed by atoms with Gasteiger partial charge < -0.3 is 9.80 Å². The van der Waals surface area contributed by atoms with E-state index in [0.29, 0.717) is 31.7 Å². The molecular formula is C19H16ClF3N4O3. The molecule has 1 aliphatic rings. The maximum Gasteiger partial charge on any atom is 0.417 e. The summed E-state index contributed by atoms with van der Waals surface area (Å²) >= 11 is 5.97. The largest absolute Gasteiger partial charge is 0.417 e. The quantitative estimate of drug-likeness (QED) is 0.407. The lowest BCUT2D eigenvalue weighted by molar-refractivity contribution is -0.385. The Bertz CT molecular complexity index is 989. The smallest absolute Gasteiger partial charge is 0.352 e. The van der Waals surface area contributed by atoms with Crippen molar-refractivity contribution in [2.75, 3.05) is 31.1 Å². The highest BCUT2D eigenvalue weighted by molar-refractivity contribution is 6.33. The minimum Gasteiger partial charge on any atom is -0.352 e. The summed E-state index contributed by atoms with van der Waals surface area (Å²) in [7, 11) is 0. The SMILES string of the molecule is O=C(/C=C/c1ccccc1[N+](=O)[O-])N1CCN(c2ncc(C(F)(F)F)cc2Cl)CC1. The maximum absolute atomic E-state index is 12.7. The zero-order valence-electron chi connectivity index (χ0n) is 15.5. The van der Waals surface area contributed by atoms with E-state index in [2.05, 4.69) is 4.98 Å². The van der Waals surface area contributed by atoms with Gasteiger partial charge in [0.1, 0.15) is 5.82 Å².